The molecule has 1 heterocycles. The van der Waals surface area contributed by atoms with Gasteiger partial charge in [0.15, 0.2) is 0 Å². The molecule has 0 radical (unpaired) electrons. The molecule has 0 spiro atoms. The molecule has 1 aliphatic rings. The quantitative estimate of drug-likeness (QED) is 0.904. The van der Waals surface area contributed by atoms with Gasteiger partial charge in [0.2, 0.25) is 0 Å². The summed E-state index contributed by atoms with van der Waals surface area (Å²) in [7, 11) is 0. The first-order valence-corrected chi connectivity index (χ1v) is 7.11. The van der Waals surface area contributed by atoms with E-state index in [9.17, 15) is 5.26 Å². The van der Waals surface area contributed by atoms with Gasteiger partial charge in [0.05, 0.1) is 11.3 Å². The van der Waals surface area contributed by atoms with Gasteiger partial charge in [-0.3, -0.25) is 0 Å². The van der Waals surface area contributed by atoms with Crippen molar-refractivity contribution in [3.05, 3.63) is 28.8 Å². The van der Waals surface area contributed by atoms with Crippen molar-refractivity contribution in [2.75, 3.05) is 31.1 Å². The number of hydrogen-bond acceptors (Lipinski definition) is 3. The summed E-state index contributed by atoms with van der Waals surface area (Å²) >= 11 is 0. The van der Waals surface area contributed by atoms with Gasteiger partial charge in [-0.1, -0.05) is 19.9 Å². The van der Waals surface area contributed by atoms with Gasteiger partial charge in [0.25, 0.3) is 0 Å². The Bertz CT molecular complexity index is 480. The first-order valence-electron chi connectivity index (χ1n) is 7.11. The van der Waals surface area contributed by atoms with Crippen molar-refractivity contribution in [3.8, 4) is 6.07 Å². The number of rotatable bonds is 3. The first-order chi connectivity index (χ1) is 9.11. The lowest BCUT2D eigenvalue weighted by Gasteiger charge is -2.31. The zero-order valence-electron chi connectivity index (χ0n) is 12.2. The fraction of sp³-hybridized carbons (Fsp3) is 0.562. The molecule has 19 heavy (non-hydrogen) atoms. The molecule has 0 bridgehead atoms. The van der Waals surface area contributed by atoms with E-state index in [0.717, 1.165) is 49.4 Å². The Kier molecular flexibility index (Phi) is 4.44. The number of hydrogen-bond donors (Lipinski definition) is 1. The number of nitrogens with zero attached hydrogens (tertiary/aromatic N) is 2. The summed E-state index contributed by atoms with van der Waals surface area (Å²) in [5.41, 5.74) is 4.42. The number of anilines is 1. The van der Waals surface area contributed by atoms with E-state index in [4.69, 9.17) is 0 Å². The van der Waals surface area contributed by atoms with E-state index in [2.05, 4.69) is 42.3 Å². The summed E-state index contributed by atoms with van der Waals surface area (Å²) in [4.78, 5) is 2.34. The van der Waals surface area contributed by atoms with Crippen molar-refractivity contribution in [1.29, 1.82) is 5.26 Å². The van der Waals surface area contributed by atoms with E-state index in [1.807, 2.05) is 6.92 Å². The van der Waals surface area contributed by atoms with Crippen LogP contribution in [0.5, 0.6) is 0 Å². The Morgan fingerprint density at radius 2 is 2.00 bits per heavy atom. The summed E-state index contributed by atoms with van der Waals surface area (Å²) in [5.74, 6) is 0.642. The van der Waals surface area contributed by atoms with Gasteiger partial charge in [0, 0.05) is 26.2 Å². The monoisotopic (exact) mass is 257 g/mol. The van der Waals surface area contributed by atoms with Gasteiger partial charge in [-0.05, 0) is 36.5 Å². The highest BCUT2D eigenvalue weighted by atomic mass is 15.2. The van der Waals surface area contributed by atoms with E-state index < -0.39 is 0 Å². The highest BCUT2D eigenvalue weighted by Gasteiger charge is 2.17. The lowest BCUT2D eigenvalue weighted by atomic mass is 9.96. The van der Waals surface area contributed by atoms with Gasteiger partial charge in [0.1, 0.15) is 6.07 Å². The smallest absolute Gasteiger partial charge is 0.102 e. The Morgan fingerprint density at radius 3 is 2.58 bits per heavy atom. The fourth-order valence-electron chi connectivity index (χ4n) is 2.73. The molecule has 3 heteroatoms. The third kappa shape index (κ3) is 3.27. The van der Waals surface area contributed by atoms with Gasteiger partial charge in [-0.25, -0.2) is 0 Å². The molecule has 1 fully saturated rings. The molecule has 1 aromatic carbocycles. The van der Waals surface area contributed by atoms with Gasteiger partial charge >= 0.3 is 0 Å². The van der Waals surface area contributed by atoms with Crippen LogP contribution in [0.2, 0.25) is 0 Å². The maximum atomic E-state index is 9.41. The molecule has 0 aliphatic carbocycles. The maximum Gasteiger partial charge on any atom is 0.102 e. The van der Waals surface area contributed by atoms with Crippen LogP contribution in [0.25, 0.3) is 0 Å². The fourth-order valence-corrected chi connectivity index (χ4v) is 2.73. The number of piperazine rings is 1. The lowest BCUT2D eigenvalue weighted by molar-refractivity contribution is 0.588. The van der Waals surface area contributed by atoms with Crippen LogP contribution in [0, 0.1) is 24.2 Å². The van der Waals surface area contributed by atoms with Crippen molar-refractivity contribution in [1.82, 2.24) is 5.32 Å². The van der Waals surface area contributed by atoms with Crippen molar-refractivity contribution in [2.24, 2.45) is 5.92 Å². The minimum absolute atomic E-state index is 0.642. The first kappa shape index (κ1) is 13.9. The second-order valence-electron chi connectivity index (χ2n) is 5.75. The van der Waals surface area contributed by atoms with Crippen molar-refractivity contribution in [2.45, 2.75) is 27.2 Å². The molecule has 0 unspecified atom stereocenters. The Labute approximate surface area is 116 Å². The topological polar surface area (TPSA) is 39.1 Å². The van der Waals surface area contributed by atoms with Crippen LogP contribution in [0.3, 0.4) is 0 Å². The van der Waals surface area contributed by atoms with Crippen LogP contribution >= 0.6 is 0 Å². The van der Waals surface area contributed by atoms with Crippen LogP contribution < -0.4 is 10.2 Å². The zero-order chi connectivity index (χ0) is 13.8. The standard InChI is InChI=1S/C16H23N3/c1-12(2)8-14-9-13(3)15(11-17)16(10-14)19-6-4-18-5-7-19/h9-10,12,18H,4-8H2,1-3H3. The van der Waals surface area contributed by atoms with E-state index in [-0.39, 0.29) is 0 Å². The summed E-state index contributed by atoms with van der Waals surface area (Å²) in [6.45, 7) is 10.5. The molecule has 1 aliphatic heterocycles. The second-order valence-corrected chi connectivity index (χ2v) is 5.75. The molecular weight excluding hydrogens is 234 g/mol. The zero-order valence-corrected chi connectivity index (χ0v) is 12.2. The number of nitrogens with one attached hydrogen (secondary N) is 1. The molecular formula is C16H23N3. The van der Waals surface area contributed by atoms with Crippen LogP contribution in [0.1, 0.15) is 30.5 Å². The SMILES string of the molecule is Cc1cc(CC(C)C)cc(N2CCNCC2)c1C#N. The molecule has 0 aromatic heterocycles. The Hall–Kier alpha value is -1.53. The van der Waals surface area contributed by atoms with Crippen LogP contribution in [0.15, 0.2) is 12.1 Å². The summed E-state index contributed by atoms with van der Waals surface area (Å²) in [6.07, 6.45) is 1.08. The third-order valence-electron chi connectivity index (χ3n) is 3.59. The average molecular weight is 257 g/mol. The average Bonchev–Trinajstić information content (AvgIpc) is 2.38. The molecule has 2 rings (SSSR count). The predicted molar refractivity (Wildman–Crippen MR) is 79.5 cm³/mol. The normalized spacial score (nSPS) is 15.6. The Morgan fingerprint density at radius 1 is 1.32 bits per heavy atom. The van der Waals surface area contributed by atoms with Crippen LogP contribution in [0.4, 0.5) is 5.69 Å². The van der Waals surface area contributed by atoms with Gasteiger partial charge in [-0.2, -0.15) is 5.26 Å². The summed E-state index contributed by atoms with van der Waals surface area (Å²) in [6, 6.07) is 6.77. The predicted octanol–water partition coefficient (Wildman–Crippen LogP) is 2.47. The Balaban J connectivity index is 2.38. The summed E-state index contributed by atoms with van der Waals surface area (Å²) < 4.78 is 0. The maximum absolute atomic E-state index is 9.41. The second kappa shape index (κ2) is 6.08. The number of nitriles is 1. The molecule has 102 valence electrons. The minimum atomic E-state index is 0.642. The minimum Gasteiger partial charge on any atom is -0.368 e. The molecule has 1 saturated heterocycles. The van der Waals surface area contributed by atoms with Gasteiger partial charge in [-0.15, -0.1) is 0 Å². The number of benzene rings is 1. The summed E-state index contributed by atoms with van der Waals surface area (Å²) in [5, 5.41) is 12.8. The molecule has 0 atom stereocenters. The highest BCUT2D eigenvalue weighted by Crippen LogP contribution is 2.27. The molecule has 3 nitrogen and oxygen atoms in total. The molecule has 0 saturated carbocycles. The van der Waals surface area contributed by atoms with Crippen molar-refractivity contribution >= 4 is 5.69 Å². The largest absolute Gasteiger partial charge is 0.368 e. The number of aryl methyl sites for hydroxylation is 1. The molecule has 1 aromatic rings. The van der Waals surface area contributed by atoms with Crippen LogP contribution in [-0.4, -0.2) is 26.2 Å². The van der Waals surface area contributed by atoms with E-state index in [0.29, 0.717) is 5.92 Å². The van der Waals surface area contributed by atoms with E-state index in [1.54, 1.807) is 0 Å². The lowest BCUT2D eigenvalue weighted by Crippen LogP contribution is -2.43. The third-order valence-corrected chi connectivity index (χ3v) is 3.59. The van der Waals surface area contributed by atoms with E-state index in [1.165, 1.54) is 5.56 Å². The van der Waals surface area contributed by atoms with Gasteiger partial charge < -0.3 is 10.2 Å². The van der Waals surface area contributed by atoms with Crippen molar-refractivity contribution < 1.29 is 0 Å². The highest BCUT2D eigenvalue weighted by molar-refractivity contribution is 5.64. The van der Waals surface area contributed by atoms with Crippen molar-refractivity contribution in [3.63, 3.8) is 0 Å². The van der Waals surface area contributed by atoms with Crippen LogP contribution in [-0.2, 0) is 6.42 Å². The molecule has 0 amide bonds. The van der Waals surface area contributed by atoms with E-state index >= 15 is 0 Å². The molecule has 1 N–H and O–H groups in total.